The highest BCUT2D eigenvalue weighted by molar-refractivity contribution is 7.71. The van der Waals surface area contributed by atoms with Gasteiger partial charge in [-0.3, -0.25) is 10.1 Å². The zero-order valence-corrected chi connectivity index (χ0v) is 14.2. The molecule has 0 radical (unpaired) electrons. The Labute approximate surface area is 139 Å². The Balaban J connectivity index is 1.91. The van der Waals surface area contributed by atoms with Gasteiger partial charge >= 0.3 is 0 Å². The van der Waals surface area contributed by atoms with Crippen LogP contribution < -0.4 is 4.90 Å². The molecule has 1 aliphatic rings. The van der Waals surface area contributed by atoms with Gasteiger partial charge in [-0.15, -0.1) is 0 Å². The summed E-state index contributed by atoms with van der Waals surface area (Å²) in [6.45, 7) is 6.78. The molecule has 1 aromatic carbocycles. The van der Waals surface area contributed by atoms with E-state index in [0.717, 1.165) is 17.7 Å². The number of nitrogens with zero attached hydrogens (tertiary/aromatic N) is 5. The van der Waals surface area contributed by atoms with Gasteiger partial charge < -0.3 is 9.47 Å². The lowest BCUT2D eigenvalue weighted by Crippen LogP contribution is -2.32. The van der Waals surface area contributed by atoms with Crippen molar-refractivity contribution in [2.45, 2.75) is 45.9 Å². The SMILES string of the molecule is CC(C)n1cnn(CN2c3ccc([N+](=O)[O-])cc3C[C@H]2C)c1=S. The zero-order chi connectivity index (χ0) is 16.7. The minimum absolute atomic E-state index is 0.137. The quantitative estimate of drug-likeness (QED) is 0.488. The van der Waals surface area contributed by atoms with Crippen molar-refractivity contribution in [2.75, 3.05) is 4.90 Å². The molecule has 3 rings (SSSR count). The van der Waals surface area contributed by atoms with Gasteiger partial charge in [0.1, 0.15) is 13.0 Å². The van der Waals surface area contributed by atoms with Crippen LogP contribution in [0.2, 0.25) is 0 Å². The third-order valence-electron chi connectivity index (χ3n) is 4.23. The van der Waals surface area contributed by atoms with E-state index < -0.39 is 0 Å². The van der Waals surface area contributed by atoms with E-state index in [0.29, 0.717) is 11.4 Å². The molecule has 1 atom stereocenters. The van der Waals surface area contributed by atoms with Crippen LogP contribution in [0.1, 0.15) is 32.4 Å². The smallest absolute Gasteiger partial charge is 0.269 e. The zero-order valence-electron chi connectivity index (χ0n) is 13.3. The lowest BCUT2D eigenvalue weighted by molar-refractivity contribution is -0.384. The van der Waals surface area contributed by atoms with Crippen molar-refractivity contribution >= 4 is 23.6 Å². The molecule has 2 heterocycles. The van der Waals surface area contributed by atoms with Crippen molar-refractivity contribution in [2.24, 2.45) is 0 Å². The van der Waals surface area contributed by atoms with Crippen LogP contribution in [0, 0.1) is 14.9 Å². The summed E-state index contributed by atoms with van der Waals surface area (Å²) in [5.41, 5.74) is 2.16. The first-order valence-electron chi connectivity index (χ1n) is 7.56. The number of benzene rings is 1. The Kier molecular flexibility index (Phi) is 3.93. The van der Waals surface area contributed by atoms with Crippen molar-refractivity contribution in [3.8, 4) is 0 Å². The number of hydrogen-bond acceptors (Lipinski definition) is 5. The van der Waals surface area contributed by atoms with Crippen LogP contribution in [0.5, 0.6) is 0 Å². The molecule has 0 unspecified atom stereocenters. The van der Waals surface area contributed by atoms with Gasteiger partial charge in [0.25, 0.3) is 5.69 Å². The minimum atomic E-state index is -0.353. The Morgan fingerprint density at radius 2 is 2.22 bits per heavy atom. The average molecular weight is 333 g/mol. The molecule has 8 heteroatoms. The maximum absolute atomic E-state index is 10.9. The molecule has 0 N–H and O–H groups in total. The third-order valence-corrected chi connectivity index (χ3v) is 4.65. The molecule has 0 spiro atoms. The predicted octanol–water partition coefficient (Wildman–Crippen LogP) is 3.31. The maximum Gasteiger partial charge on any atom is 0.269 e. The van der Waals surface area contributed by atoms with Crippen LogP contribution >= 0.6 is 12.2 Å². The number of anilines is 1. The van der Waals surface area contributed by atoms with Gasteiger partial charge in [0.2, 0.25) is 0 Å². The fraction of sp³-hybridized carbons (Fsp3) is 0.467. The first kappa shape index (κ1) is 15.7. The molecule has 7 nitrogen and oxygen atoms in total. The Morgan fingerprint density at radius 3 is 2.83 bits per heavy atom. The Morgan fingerprint density at radius 1 is 1.48 bits per heavy atom. The number of fused-ring (bicyclic) bond motifs is 1. The summed E-state index contributed by atoms with van der Waals surface area (Å²) < 4.78 is 4.43. The molecule has 1 aromatic heterocycles. The van der Waals surface area contributed by atoms with Crippen molar-refractivity contribution in [1.82, 2.24) is 14.3 Å². The molecule has 0 saturated carbocycles. The lowest BCUT2D eigenvalue weighted by atomic mass is 10.1. The number of rotatable bonds is 4. The second-order valence-corrected chi connectivity index (χ2v) is 6.51. The summed E-state index contributed by atoms with van der Waals surface area (Å²) in [5, 5.41) is 15.3. The Hall–Kier alpha value is -2.22. The van der Waals surface area contributed by atoms with Gasteiger partial charge in [0.15, 0.2) is 4.77 Å². The van der Waals surface area contributed by atoms with Gasteiger partial charge in [0.05, 0.1) is 4.92 Å². The van der Waals surface area contributed by atoms with Crippen LogP contribution in [0.25, 0.3) is 0 Å². The van der Waals surface area contributed by atoms with Crippen LogP contribution in [-0.2, 0) is 13.1 Å². The molecular weight excluding hydrogens is 314 g/mol. The van der Waals surface area contributed by atoms with Gasteiger partial charge in [-0.05, 0) is 51.0 Å². The molecule has 122 valence electrons. The van der Waals surface area contributed by atoms with E-state index in [4.69, 9.17) is 12.2 Å². The van der Waals surface area contributed by atoms with Gasteiger partial charge in [-0.25, -0.2) is 4.68 Å². The fourth-order valence-corrected chi connectivity index (χ4v) is 3.32. The van der Waals surface area contributed by atoms with E-state index in [1.807, 2.05) is 10.6 Å². The molecular formula is C15H19N5O2S. The van der Waals surface area contributed by atoms with Crippen LogP contribution in [0.15, 0.2) is 24.5 Å². The summed E-state index contributed by atoms with van der Waals surface area (Å²) in [6, 6.07) is 5.55. The van der Waals surface area contributed by atoms with E-state index in [9.17, 15) is 10.1 Å². The van der Waals surface area contributed by atoms with E-state index in [1.54, 1.807) is 23.1 Å². The molecule has 23 heavy (non-hydrogen) atoms. The summed E-state index contributed by atoms with van der Waals surface area (Å²) in [4.78, 5) is 12.8. The predicted molar refractivity (Wildman–Crippen MR) is 90.2 cm³/mol. The monoisotopic (exact) mass is 333 g/mol. The van der Waals surface area contributed by atoms with E-state index in [2.05, 4.69) is 30.8 Å². The number of nitro benzene ring substituents is 1. The molecule has 2 aromatic rings. The second kappa shape index (κ2) is 5.77. The third kappa shape index (κ3) is 2.74. The van der Waals surface area contributed by atoms with Crippen LogP contribution in [-0.4, -0.2) is 25.3 Å². The molecule has 0 saturated heterocycles. The van der Waals surface area contributed by atoms with E-state index >= 15 is 0 Å². The first-order chi connectivity index (χ1) is 10.9. The number of aromatic nitrogens is 3. The summed E-state index contributed by atoms with van der Waals surface area (Å²) >= 11 is 5.48. The fourth-order valence-electron chi connectivity index (χ4n) is 2.96. The molecule has 0 fully saturated rings. The summed E-state index contributed by atoms with van der Waals surface area (Å²) in [6.07, 6.45) is 2.54. The van der Waals surface area contributed by atoms with E-state index in [-0.39, 0.29) is 22.7 Å². The highest BCUT2D eigenvalue weighted by atomic mass is 32.1. The largest absolute Gasteiger partial charge is 0.349 e. The minimum Gasteiger partial charge on any atom is -0.349 e. The Bertz CT molecular complexity index is 810. The van der Waals surface area contributed by atoms with Gasteiger partial charge in [-0.2, -0.15) is 5.10 Å². The second-order valence-electron chi connectivity index (χ2n) is 6.15. The standard InChI is InChI=1S/C15H19N5O2S/c1-10(2)17-8-16-19(15(17)23)9-18-11(3)6-12-7-13(20(21)22)4-5-14(12)18/h4-5,7-8,10-11H,6,9H2,1-3H3/t11-/m1/s1. The van der Waals surface area contributed by atoms with Crippen molar-refractivity contribution < 1.29 is 4.92 Å². The summed E-state index contributed by atoms with van der Waals surface area (Å²) in [7, 11) is 0. The molecule has 1 aliphatic heterocycles. The number of nitro groups is 1. The maximum atomic E-state index is 10.9. The van der Waals surface area contributed by atoms with Gasteiger partial charge in [-0.1, -0.05) is 0 Å². The van der Waals surface area contributed by atoms with Crippen molar-refractivity contribution in [1.29, 1.82) is 0 Å². The van der Waals surface area contributed by atoms with Gasteiger partial charge in [0, 0.05) is 29.9 Å². The van der Waals surface area contributed by atoms with E-state index in [1.165, 1.54) is 0 Å². The van der Waals surface area contributed by atoms with Crippen LogP contribution in [0.4, 0.5) is 11.4 Å². The van der Waals surface area contributed by atoms with Crippen LogP contribution in [0.3, 0.4) is 0 Å². The highest BCUT2D eigenvalue weighted by Gasteiger charge is 2.28. The number of non-ortho nitro benzene ring substituents is 1. The lowest BCUT2D eigenvalue weighted by Gasteiger charge is -2.24. The topological polar surface area (TPSA) is 69.1 Å². The summed E-state index contributed by atoms with van der Waals surface area (Å²) in [5.74, 6) is 0. The van der Waals surface area contributed by atoms with Crippen molar-refractivity contribution in [3.63, 3.8) is 0 Å². The first-order valence-corrected chi connectivity index (χ1v) is 7.97. The number of hydrogen-bond donors (Lipinski definition) is 0. The molecule has 0 aliphatic carbocycles. The van der Waals surface area contributed by atoms with Crippen molar-refractivity contribution in [3.05, 3.63) is 45.0 Å². The molecule has 0 amide bonds. The molecule has 0 bridgehead atoms. The highest BCUT2D eigenvalue weighted by Crippen LogP contribution is 2.34. The average Bonchev–Trinajstić information content (AvgIpc) is 3.00. The normalized spacial score (nSPS) is 16.9.